The van der Waals surface area contributed by atoms with Crippen LogP contribution >= 0.6 is 23.4 Å². The third kappa shape index (κ3) is 5.92. The Morgan fingerprint density at radius 3 is 2.70 bits per heavy atom. The van der Waals surface area contributed by atoms with Crippen molar-refractivity contribution < 1.29 is 4.74 Å². The zero-order chi connectivity index (χ0) is 16.7. The second kappa shape index (κ2) is 8.99. The van der Waals surface area contributed by atoms with E-state index in [2.05, 4.69) is 35.2 Å². The molecule has 0 spiro atoms. The highest BCUT2D eigenvalue weighted by molar-refractivity contribution is 7.99. The van der Waals surface area contributed by atoms with Gasteiger partial charge in [-0.15, -0.1) is 10.2 Å². The number of ether oxygens (including phenoxy) is 1. The predicted octanol–water partition coefficient (Wildman–Crippen LogP) is 4.75. The summed E-state index contributed by atoms with van der Waals surface area (Å²) in [6.45, 7) is 9.40. The van der Waals surface area contributed by atoms with Gasteiger partial charge in [0.1, 0.15) is 12.4 Å². The van der Waals surface area contributed by atoms with E-state index in [0.717, 1.165) is 29.7 Å². The first-order valence-corrected chi connectivity index (χ1v) is 8.98. The highest BCUT2D eigenvalue weighted by Crippen LogP contribution is 2.22. The summed E-state index contributed by atoms with van der Waals surface area (Å²) in [5, 5.41) is 10.0. The number of hydrogen-bond acceptors (Lipinski definition) is 4. The Hall–Kier alpha value is -1.46. The number of rotatable bonds is 9. The van der Waals surface area contributed by atoms with Crippen molar-refractivity contribution in [1.82, 2.24) is 14.8 Å². The Morgan fingerprint density at radius 2 is 2.04 bits per heavy atom. The van der Waals surface area contributed by atoms with E-state index < -0.39 is 0 Å². The molecule has 0 radical (unpaired) electrons. The molecule has 0 amide bonds. The van der Waals surface area contributed by atoms with E-state index in [4.69, 9.17) is 16.3 Å². The standard InChI is InChI=1S/C17H22ClN3OS/c1-13(2)9-10-21-16(11-22-15-7-5-4-6-8-15)19-20-17(21)23-12-14(3)18/h4-8,13H,3,9-12H2,1-2H3. The van der Waals surface area contributed by atoms with Crippen LogP contribution in [0.1, 0.15) is 26.1 Å². The number of aromatic nitrogens is 3. The molecular weight excluding hydrogens is 330 g/mol. The topological polar surface area (TPSA) is 39.9 Å². The first-order valence-electron chi connectivity index (χ1n) is 7.62. The summed E-state index contributed by atoms with van der Waals surface area (Å²) < 4.78 is 7.92. The van der Waals surface area contributed by atoms with Crippen LogP contribution in [0.5, 0.6) is 5.75 Å². The van der Waals surface area contributed by atoms with Crippen molar-refractivity contribution in [1.29, 1.82) is 0 Å². The Bertz CT molecular complexity index is 628. The Balaban J connectivity index is 2.08. The molecule has 0 aliphatic heterocycles. The van der Waals surface area contributed by atoms with Gasteiger partial charge < -0.3 is 9.30 Å². The van der Waals surface area contributed by atoms with Crippen LogP contribution < -0.4 is 4.74 Å². The van der Waals surface area contributed by atoms with E-state index in [9.17, 15) is 0 Å². The van der Waals surface area contributed by atoms with E-state index in [1.54, 1.807) is 11.8 Å². The molecule has 0 saturated heterocycles. The van der Waals surface area contributed by atoms with Crippen molar-refractivity contribution in [3.63, 3.8) is 0 Å². The van der Waals surface area contributed by atoms with Crippen LogP contribution in [0.15, 0.2) is 47.1 Å². The zero-order valence-corrected chi connectivity index (χ0v) is 15.1. The van der Waals surface area contributed by atoms with Crippen LogP contribution in [0.4, 0.5) is 0 Å². The molecule has 23 heavy (non-hydrogen) atoms. The minimum atomic E-state index is 0.400. The lowest BCUT2D eigenvalue weighted by atomic mass is 10.1. The summed E-state index contributed by atoms with van der Waals surface area (Å²) in [7, 11) is 0. The third-order valence-corrected chi connectivity index (χ3v) is 4.54. The van der Waals surface area contributed by atoms with E-state index in [1.807, 2.05) is 30.3 Å². The minimum Gasteiger partial charge on any atom is -0.486 e. The first kappa shape index (κ1) is 17.9. The molecule has 0 bridgehead atoms. The van der Waals surface area contributed by atoms with E-state index in [1.165, 1.54) is 0 Å². The van der Waals surface area contributed by atoms with Crippen LogP contribution in [-0.2, 0) is 13.2 Å². The maximum Gasteiger partial charge on any atom is 0.191 e. The molecule has 0 atom stereocenters. The minimum absolute atomic E-state index is 0.400. The van der Waals surface area contributed by atoms with Crippen molar-refractivity contribution in [2.75, 3.05) is 5.75 Å². The maximum atomic E-state index is 5.86. The van der Waals surface area contributed by atoms with Gasteiger partial charge in [-0.2, -0.15) is 0 Å². The first-order chi connectivity index (χ1) is 11.1. The van der Waals surface area contributed by atoms with Gasteiger partial charge in [-0.05, 0) is 24.5 Å². The Morgan fingerprint density at radius 1 is 1.30 bits per heavy atom. The van der Waals surface area contributed by atoms with E-state index >= 15 is 0 Å². The van der Waals surface area contributed by atoms with Gasteiger partial charge in [-0.25, -0.2) is 0 Å². The summed E-state index contributed by atoms with van der Waals surface area (Å²) in [5.74, 6) is 2.90. The SMILES string of the molecule is C=C(Cl)CSc1nnc(COc2ccccc2)n1CCC(C)C. The second-order valence-electron chi connectivity index (χ2n) is 5.64. The van der Waals surface area contributed by atoms with Crippen molar-refractivity contribution in [2.24, 2.45) is 5.92 Å². The summed E-state index contributed by atoms with van der Waals surface area (Å²) in [4.78, 5) is 0. The fourth-order valence-corrected chi connectivity index (χ4v) is 2.85. The molecule has 1 heterocycles. The lowest BCUT2D eigenvalue weighted by Crippen LogP contribution is -2.10. The van der Waals surface area contributed by atoms with Crippen LogP contribution in [0, 0.1) is 5.92 Å². The molecule has 0 aliphatic rings. The molecule has 1 aromatic carbocycles. The van der Waals surface area contributed by atoms with Crippen molar-refractivity contribution in [3.05, 3.63) is 47.8 Å². The highest BCUT2D eigenvalue weighted by Gasteiger charge is 2.14. The van der Waals surface area contributed by atoms with Gasteiger partial charge in [-0.3, -0.25) is 0 Å². The number of para-hydroxylation sites is 1. The number of halogens is 1. The maximum absolute atomic E-state index is 5.86. The average molecular weight is 352 g/mol. The molecule has 0 saturated carbocycles. The fraction of sp³-hybridized carbons (Fsp3) is 0.412. The van der Waals surface area contributed by atoms with Gasteiger partial charge in [0, 0.05) is 17.3 Å². The van der Waals surface area contributed by atoms with Gasteiger partial charge in [0.05, 0.1) is 0 Å². The highest BCUT2D eigenvalue weighted by atomic mass is 35.5. The van der Waals surface area contributed by atoms with Crippen molar-refractivity contribution in [3.8, 4) is 5.75 Å². The molecule has 6 heteroatoms. The summed E-state index contributed by atoms with van der Waals surface area (Å²) in [5.41, 5.74) is 0. The smallest absolute Gasteiger partial charge is 0.191 e. The largest absolute Gasteiger partial charge is 0.486 e. The fourth-order valence-electron chi connectivity index (χ4n) is 1.95. The molecule has 2 aromatic rings. The monoisotopic (exact) mass is 351 g/mol. The summed E-state index contributed by atoms with van der Waals surface area (Å²) in [6, 6.07) is 9.73. The predicted molar refractivity (Wildman–Crippen MR) is 96.0 cm³/mol. The van der Waals surface area contributed by atoms with E-state index in [-0.39, 0.29) is 0 Å². The molecule has 2 rings (SSSR count). The molecule has 0 N–H and O–H groups in total. The molecule has 0 unspecified atom stereocenters. The number of benzene rings is 1. The van der Waals surface area contributed by atoms with Crippen LogP contribution in [0.2, 0.25) is 0 Å². The van der Waals surface area contributed by atoms with Gasteiger partial charge in [0.25, 0.3) is 0 Å². The Labute approximate surface area is 146 Å². The molecular formula is C17H22ClN3OS. The van der Waals surface area contributed by atoms with Gasteiger partial charge >= 0.3 is 0 Å². The van der Waals surface area contributed by atoms with E-state index in [0.29, 0.717) is 23.3 Å². The van der Waals surface area contributed by atoms with Crippen LogP contribution in [0.3, 0.4) is 0 Å². The van der Waals surface area contributed by atoms with Gasteiger partial charge in [-0.1, -0.05) is 62.0 Å². The average Bonchev–Trinajstić information content (AvgIpc) is 2.92. The number of thioether (sulfide) groups is 1. The summed E-state index contributed by atoms with van der Waals surface area (Å²) in [6.07, 6.45) is 1.06. The lowest BCUT2D eigenvalue weighted by molar-refractivity contribution is 0.285. The third-order valence-electron chi connectivity index (χ3n) is 3.19. The van der Waals surface area contributed by atoms with Crippen LogP contribution in [0.25, 0.3) is 0 Å². The quantitative estimate of drug-likeness (QED) is 0.611. The second-order valence-corrected chi connectivity index (χ2v) is 7.12. The zero-order valence-electron chi connectivity index (χ0n) is 13.5. The Kier molecular flexibility index (Phi) is 6.99. The molecule has 4 nitrogen and oxygen atoms in total. The normalized spacial score (nSPS) is 11.0. The number of nitrogens with zero attached hydrogens (tertiary/aromatic N) is 3. The van der Waals surface area contributed by atoms with Gasteiger partial charge in [0.2, 0.25) is 0 Å². The summed E-state index contributed by atoms with van der Waals surface area (Å²) >= 11 is 7.41. The lowest BCUT2D eigenvalue weighted by Gasteiger charge is -2.12. The molecule has 0 aliphatic carbocycles. The van der Waals surface area contributed by atoms with Crippen LogP contribution in [-0.4, -0.2) is 20.5 Å². The van der Waals surface area contributed by atoms with Crippen molar-refractivity contribution in [2.45, 2.75) is 38.6 Å². The molecule has 0 fully saturated rings. The van der Waals surface area contributed by atoms with Crippen molar-refractivity contribution >= 4 is 23.4 Å². The van der Waals surface area contributed by atoms with Gasteiger partial charge in [0.15, 0.2) is 11.0 Å². The molecule has 124 valence electrons. The number of hydrogen-bond donors (Lipinski definition) is 0. The molecule has 1 aromatic heterocycles.